The Bertz CT molecular complexity index is 1420. The van der Waals surface area contributed by atoms with Crippen LogP contribution in [0.1, 0.15) is 27.4 Å². The summed E-state index contributed by atoms with van der Waals surface area (Å²) in [6.07, 6.45) is 1.59. The van der Waals surface area contributed by atoms with Crippen molar-refractivity contribution < 1.29 is 4.74 Å². The van der Waals surface area contributed by atoms with E-state index < -0.39 is 0 Å². The smallest absolute Gasteiger partial charge is 0.123 e. The molecule has 6 heteroatoms. The molecule has 2 aromatic heterocycles. The Labute approximate surface area is 214 Å². The molecule has 0 bridgehead atoms. The fraction of sp³-hybridized carbons (Fsp3) is 0.148. The molecule has 0 saturated heterocycles. The molecule has 0 aliphatic rings. The highest BCUT2D eigenvalue weighted by Crippen LogP contribution is 2.36. The maximum atomic E-state index is 5.80. The summed E-state index contributed by atoms with van der Waals surface area (Å²) in [5, 5.41) is 4.50. The zero-order valence-electron chi connectivity index (χ0n) is 18.3. The number of fused-ring (bicyclic) bond motifs is 1. The van der Waals surface area contributed by atoms with Crippen molar-refractivity contribution in [2.75, 3.05) is 7.11 Å². The van der Waals surface area contributed by atoms with Crippen molar-refractivity contribution in [3.63, 3.8) is 0 Å². The number of hydrogen-bond acceptors (Lipinski definition) is 3. The van der Waals surface area contributed by atoms with Gasteiger partial charge in [-0.1, -0.05) is 56.1 Å². The van der Waals surface area contributed by atoms with E-state index in [1.54, 1.807) is 18.4 Å². The average molecular weight is 582 g/mol. The number of aryl methyl sites for hydroxylation is 1. The molecule has 0 saturated carbocycles. The number of aromatic nitrogens is 2. The van der Waals surface area contributed by atoms with Crippen LogP contribution in [0.2, 0.25) is 0 Å². The lowest BCUT2D eigenvalue weighted by atomic mass is 9.96. The third kappa shape index (κ3) is 4.65. The summed E-state index contributed by atoms with van der Waals surface area (Å²) in [6, 6.07) is 21.0. The van der Waals surface area contributed by atoms with Gasteiger partial charge in [-0.05, 0) is 54.4 Å². The van der Waals surface area contributed by atoms with Gasteiger partial charge in [0.05, 0.1) is 17.8 Å². The van der Waals surface area contributed by atoms with Crippen molar-refractivity contribution in [1.29, 1.82) is 0 Å². The maximum absolute atomic E-state index is 5.80. The molecule has 5 aromatic rings. The van der Waals surface area contributed by atoms with Crippen LogP contribution in [0, 0.1) is 6.92 Å². The van der Waals surface area contributed by atoms with Crippen molar-refractivity contribution >= 4 is 54.1 Å². The van der Waals surface area contributed by atoms with Crippen LogP contribution in [0.3, 0.4) is 0 Å². The van der Waals surface area contributed by atoms with E-state index in [4.69, 9.17) is 9.72 Å². The monoisotopic (exact) mass is 580 g/mol. The second-order valence-electron chi connectivity index (χ2n) is 8.01. The Hall–Kier alpha value is -2.41. The predicted molar refractivity (Wildman–Crippen MR) is 145 cm³/mol. The molecule has 0 aliphatic heterocycles. The number of ether oxygens (including phenoxy) is 1. The van der Waals surface area contributed by atoms with E-state index in [9.17, 15) is 0 Å². The van der Waals surface area contributed by atoms with E-state index >= 15 is 0 Å². The Morgan fingerprint density at radius 1 is 0.879 bits per heavy atom. The first-order valence-electron chi connectivity index (χ1n) is 10.6. The van der Waals surface area contributed by atoms with Gasteiger partial charge >= 0.3 is 0 Å². The molecule has 166 valence electrons. The molecule has 3 aromatic carbocycles. The zero-order valence-corrected chi connectivity index (χ0v) is 22.3. The third-order valence-electron chi connectivity index (χ3n) is 5.88. The third-order valence-corrected chi connectivity index (χ3v) is 7.79. The SMILES string of the molecule is COc1ccc2[nH]c(C)c(Cc3nc(-c4ccc(Br)cc4)cs3)c2c1Cc1ccc(Br)cc1. The number of benzene rings is 3. The molecule has 0 unspecified atom stereocenters. The van der Waals surface area contributed by atoms with Gasteiger partial charge in [-0.15, -0.1) is 11.3 Å². The van der Waals surface area contributed by atoms with E-state index in [1.807, 2.05) is 0 Å². The molecule has 0 radical (unpaired) electrons. The molecule has 0 atom stereocenters. The van der Waals surface area contributed by atoms with Crippen molar-refractivity contribution in [1.82, 2.24) is 9.97 Å². The van der Waals surface area contributed by atoms with Crippen LogP contribution in [0.25, 0.3) is 22.2 Å². The summed E-state index contributed by atoms with van der Waals surface area (Å²) in [5.74, 6) is 0.917. The van der Waals surface area contributed by atoms with Gasteiger partial charge in [0.2, 0.25) is 0 Å². The second-order valence-corrected chi connectivity index (χ2v) is 10.8. The van der Waals surface area contributed by atoms with Crippen LogP contribution in [-0.4, -0.2) is 17.1 Å². The number of thiazole rings is 1. The zero-order chi connectivity index (χ0) is 22.9. The van der Waals surface area contributed by atoms with Crippen molar-refractivity contribution in [3.8, 4) is 17.0 Å². The molecule has 0 amide bonds. The maximum Gasteiger partial charge on any atom is 0.123 e. The van der Waals surface area contributed by atoms with E-state index in [1.165, 1.54) is 27.8 Å². The Balaban J connectivity index is 1.55. The first-order valence-corrected chi connectivity index (χ1v) is 13.1. The van der Waals surface area contributed by atoms with Crippen molar-refractivity contribution in [2.24, 2.45) is 0 Å². The summed E-state index contributed by atoms with van der Waals surface area (Å²) in [6.45, 7) is 2.15. The number of H-pyrrole nitrogens is 1. The molecule has 5 rings (SSSR count). The van der Waals surface area contributed by atoms with Gasteiger partial charge < -0.3 is 9.72 Å². The molecule has 33 heavy (non-hydrogen) atoms. The summed E-state index contributed by atoms with van der Waals surface area (Å²) < 4.78 is 7.95. The molecule has 3 nitrogen and oxygen atoms in total. The van der Waals surface area contributed by atoms with Gasteiger partial charge in [-0.25, -0.2) is 4.98 Å². The predicted octanol–water partition coefficient (Wildman–Crippen LogP) is 8.32. The number of aromatic amines is 1. The lowest BCUT2D eigenvalue weighted by Gasteiger charge is -2.12. The van der Waals surface area contributed by atoms with Gasteiger partial charge in [0, 0.05) is 54.9 Å². The lowest BCUT2D eigenvalue weighted by Crippen LogP contribution is -1.97. The summed E-state index contributed by atoms with van der Waals surface area (Å²) in [7, 11) is 1.75. The normalized spacial score (nSPS) is 11.3. The first-order chi connectivity index (χ1) is 16.0. The standard InChI is InChI=1S/C27H22Br2N2OS/c1-16-21(14-26-31-24(15-33-26)18-5-9-20(29)10-6-18)27-22(13-17-3-7-19(28)8-4-17)25(32-2)12-11-23(27)30-16/h3-12,15,30H,13-14H2,1-2H3. The molecule has 1 N–H and O–H groups in total. The van der Waals surface area contributed by atoms with Crippen LogP contribution in [0.4, 0.5) is 0 Å². The Morgan fingerprint density at radius 2 is 1.58 bits per heavy atom. The molecule has 0 aliphatic carbocycles. The van der Waals surface area contributed by atoms with E-state index in [2.05, 4.69) is 110 Å². The largest absolute Gasteiger partial charge is 0.496 e. The molecule has 0 spiro atoms. The van der Waals surface area contributed by atoms with Crippen LogP contribution < -0.4 is 4.74 Å². The highest BCUT2D eigenvalue weighted by Gasteiger charge is 2.18. The topological polar surface area (TPSA) is 37.9 Å². The summed E-state index contributed by atoms with van der Waals surface area (Å²) in [4.78, 5) is 8.54. The minimum Gasteiger partial charge on any atom is -0.496 e. The number of halogens is 2. The highest BCUT2D eigenvalue weighted by atomic mass is 79.9. The molecular formula is C27H22Br2N2OS. The van der Waals surface area contributed by atoms with E-state index in [0.29, 0.717) is 0 Å². The highest BCUT2D eigenvalue weighted by molar-refractivity contribution is 9.10. The quantitative estimate of drug-likeness (QED) is 0.219. The first kappa shape index (κ1) is 22.4. The van der Waals surface area contributed by atoms with Crippen LogP contribution in [-0.2, 0) is 12.8 Å². The summed E-state index contributed by atoms with van der Waals surface area (Å²) >= 11 is 8.75. The van der Waals surface area contributed by atoms with Gasteiger partial charge in [-0.3, -0.25) is 0 Å². The van der Waals surface area contributed by atoms with Crippen LogP contribution in [0.15, 0.2) is 75.0 Å². The van der Waals surface area contributed by atoms with Crippen molar-refractivity contribution in [2.45, 2.75) is 19.8 Å². The molecule has 0 fully saturated rings. The minimum absolute atomic E-state index is 0.785. The summed E-state index contributed by atoms with van der Waals surface area (Å²) in [5.41, 5.74) is 8.21. The number of nitrogens with one attached hydrogen (secondary N) is 1. The number of rotatable bonds is 6. The van der Waals surface area contributed by atoms with Gasteiger partial charge in [0.25, 0.3) is 0 Å². The number of nitrogens with zero attached hydrogens (tertiary/aromatic N) is 1. The molecule has 2 heterocycles. The second kappa shape index (κ2) is 9.45. The Kier molecular flexibility index (Phi) is 6.41. The van der Waals surface area contributed by atoms with Gasteiger partial charge in [0.15, 0.2) is 0 Å². The minimum atomic E-state index is 0.785. The Morgan fingerprint density at radius 3 is 2.27 bits per heavy atom. The van der Waals surface area contributed by atoms with Crippen molar-refractivity contribution in [3.05, 3.63) is 102 Å². The van der Waals surface area contributed by atoms with Crippen LogP contribution >= 0.6 is 43.2 Å². The van der Waals surface area contributed by atoms with Gasteiger partial charge in [0.1, 0.15) is 5.75 Å². The number of methoxy groups -OCH3 is 1. The fourth-order valence-corrected chi connectivity index (χ4v) is 5.58. The average Bonchev–Trinajstić information content (AvgIpc) is 3.41. The van der Waals surface area contributed by atoms with E-state index in [0.717, 1.165) is 49.3 Å². The number of hydrogen-bond donors (Lipinski definition) is 1. The van der Waals surface area contributed by atoms with Gasteiger partial charge in [-0.2, -0.15) is 0 Å². The van der Waals surface area contributed by atoms with E-state index in [-0.39, 0.29) is 0 Å². The lowest BCUT2D eigenvalue weighted by molar-refractivity contribution is 0.411. The fourth-order valence-electron chi connectivity index (χ4n) is 4.23. The molecular weight excluding hydrogens is 560 g/mol. The van der Waals surface area contributed by atoms with Crippen LogP contribution in [0.5, 0.6) is 5.75 Å².